The lowest BCUT2D eigenvalue weighted by Crippen LogP contribution is -2.33. The number of hydrogen-bond acceptors (Lipinski definition) is 2. The van der Waals surface area contributed by atoms with Gasteiger partial charge in [-0.3, -0.25) is 0 Å². The van der Waals surface area contributed by atoms with E-state index in [2.05, 4.69) is 61.7 Å². The first-order chi connectivity index (χ1) is 8.78. The van der Waals surface area contributed by atoms with Crippen molar-refractivity contribution in [3.05, 3.63) is 47.5 Å². The summed E-state index contributed by atoms with van der Waals surface area (Å²) in [4.78, 5) is 6.80. The Morgan fingerprint density at radius 3 is 3.00 bits per heavy atom. The molecule has 0 aliphatic carbocycles. The number of anilines is 1. The average Bonchev–Trinajstić information content (AvgIpc) is 2.85. The lowest BCUT2D eigenvalue weighted by atomic mass is 10.1. The van der Waals surface area contributed by atoms with Crippen LogP contribution in [0.3, 0.4) is 0 Å². The summed E-state index contributed by atoms with van der Waals surface area (Å²) < 4.78 is 2.23. The van der Waals surface area contributed by atoms with Crippen molar-refractivity contribution in [2.75, 3.05) is 11.4 Å². The maximum Gasteiger partial charge on any atom is 0.128 e. The fourth-order valence-corrected chi connectivity index (χ4v) is 3.05. The molecule has 3 nitrogen and oxygen atoms in total. The van der Waals surface area contributed by atoms with Crippen LogP contribution in [0.2, 0.25) is 0 Å². The molecular weight excluding hydrogens is 290 g/mol. The van der Waals surface area contributed by atoms with Gasteiger partial charge in [0.15, 0.2) is 0 Å². The summed E-state index contributed by atoms with van der Waals surface area (Å²) in [7, 11) is 0. The van der Waals surface area contributed by atoms with Gasteiger partial charge in [-0.15, -0.1) is 0 Å². The predicted octanol–water partition coefficient (Wildman–Crippen LogP) is 3.11. The molecule has 0 fully saturated rings. The largest absolute Gasteiger partial charge is 0.362 e. The number of aromatic nitrogens is 2. The molecule has 2 heterocycles. The van der Waals surface area contributed by atoms with E-state index in [1.165, 1.54) is 16.8 Å². The van der Waals surface area contributed by atoms with E-state index in [0.717, 1.165) is 30.8 Å². The number of alkyl halides is 1. The van der Waals surface area contributed by atoms with E-state index >= 15 is 0 Å². The molecule has 0 unspecified atom stereocenters. The second kappa shape index (κ2) is 4.76. The topological polar surface area (TPSA) is 21.1 Å². The Kier molecular flexibility index (Phi) is 3.12. The molecule has 0 saturated heterocycles. The van der Waals surface area contributed by atoms with Crippen molar-refractivity contribution in [1.82, 2.24) is 9.55 Å². The zero-order valence-electron chi connectivity index (χ0n) is 10.4. The number of fused-ring (bicyclic) bond motifs is 1. The molecule has 0 bridgehead atoms. The molecule has 0 saturated carbocycles. The Labute approximate surface area is 116 Å². The molecule has 94 valence electrons. The van der Waals surface area contributed by atoms with Gasteiger partial charge in [0, 0.05) is 36.5 Å². The van der Waals surface area contributed by atoms with Gasteiger partial charge in [-0.25, -0.2) is 4.98 Å². The summed E-state index contributed by atoms with van der Waals surface area (Å²) in [5.41, 5.74) is 4.00. The molecule has 0 spiro atoms. The molecular formula is C14H16BrN3. The van der Waals surface area contributed by atoms with E-state index < -0.39 is 0 Å². The molecule has 1 aromatic carbocycles. The Morgan fingerprint density at radius 1 is 1.33 bits per heavy atom. The molecule has 1 aliphatic rings. The van der Waals surface area contributed by atoms with Gasteiger partial charge < -0.3 is 9.47 Å². The van der Waals surface area contributed by atoms with Crippen molar-refractivity contribution in [1.29, 1.82) is 0 Å². The predicted molar refractivity (Wildman–Crippen MR) is 77.1 cm³/mol. The van der Waals surface area contributed by atoms with E-state index in [1.807, 2.05) is 6.20 Å². The van der Waals surface area contributed by atoms with Crippen LogP contribution in [0.25, 0.3) is 0 Å². The van der Waals surface area contributed by atoms with Crippen molar-refractivity contribution in [3.63, 3.8) is 0 Å². The van der Waals surface area contributed by atoms with Crippen molar-refractivity contribution < 1.29 is 0 Å². The fourth-order valence-electron chi connectivity index (χ4n) is 2.42. The van der Waals surface area contributed by atoms with Gasteiger partial charge in [-0.2, -0.15) is 0 Å². The molecule has 18 heavy (non-hydrogen) atoms. The average molecular weight is 306 g/mol. The van der Waals surface area contributed by atoms with Crippen LogP contribution in [0.5, 0.6) is 0 Å². The minimum atomic E-state index is 0.903. The highest BCUT2D eigenvalue weighted by molar-refractivity contribution is 9.08. The summed E-state index contributed by atoms with van der Waals surface area (Å²) >= 11 is 3.52. The summed E-state index contributed by atoms with van der Waals surface area (Å²) in [6.45, 7) is 5.15. The molecule has 2 aromatic rings. The number of nitrogens with zero attached hydrogens (tertiary/aromatic N) is 3. The van der Waals surface area contributed by atoms with Crippen LogP contribution in [-0.2, 0) is 18.4 Å². The first-order valence-electron chi connectivity index (χ1n) is 6.18. The van der Waals surface area contributed by atoms with Crippen molar-refractivity contribution >= 4 is 21.6 Å². The lowest BCUT2D eigenvalue weighted by Gasteiger charge is -2.30. The number of benzene rings is 1. The second-order valence-electron chi connectivity index (χ2n) is 4.70. The molecule has 1 aromatic heterocycles. The number of imidazole rings is 1. The quantitative estimate of drug-likeness (QED) is 0.795. The SMILES string of the molecule is Cc1cc(N2CCn3ccnc3C2)ccc1CBr. The standard InChI is InChI=1S/C14H16BrN3/c1-11-8-13(3-2-12(11)9-15)18-7-6-17-5-4-16-14(17)10-18/h2-5,8H,6-7,9-10H2,1H3. The van der Waals surface area contributed by atoms with Crippen molar-refractivity contribution in [2.45, 2.75) is 25.3 Å². The maximum atomic E-state index is 4.40. The summed E-state index contributed by atoms with van der Waals surface area (Å²) in [6.07, 6.45) is 3.95. The van der Waals surface area contributed by atoms with Crippen LogP contribution in [-0.4, -0.2) is 16.1 Å². The highest BCUT2D eigenvalue weighted by atomic mass is 79.9. The van der Waals surface area contributed by atoms with Gasteiger partial charge in [0.25, 0.3) is 0 Å². The summed E-state index contributed by atoms with van der Waals surface area (Å²) in [5, 5.41) is 0.920. The Hall–Kier alpha value is -1.29. The summed E-state index contributed by atoms with van der Waals surface area (Å²) in [5.74, 6) is 1.16. The van der Waals surface area contributed by atoms with Crippen molar-refractivity contribution in [2.24, 2.45) is 0 Å². The van der Waals surface area contributed by atoms with Gasteiger partial charge in [0.2, 0.25) is 0 Å². The summed E-state index contributed by atoms with van der Waals surface area (Å²) in [6, 6.07) is 6.69. The van der Waals surface area contributed by atoms with Gasteiger partial charge in [-0.1, -0.05) is 22.0 Å². The van der Waals surface area contributed by atoms with E-state index in [0.29, 0.717) is 0 Å². The highest BCUT2D eigenvalue weighted by Crippen LogP contribution is 2.24. The molecule has 4 heteroatoms. The molecule has 0 atom stereocenters. The monoisotopic (exact) mass is 305 g/mol. The van der Waals surface area contributed by atoms with E-state index in [9.17, 15) is 0 Å². The minimum Gasteiger partial charge on any atom is -0.362 e. The van der Waals surface area contributed by atoms with E-state index in [1.54, 1.807) is 0 Å². The van der Waals surface area contributed by atoms with Crippen molar-refractivity contribution in [3.8, 4) is 0 Å². The van der Waals surface area contributed by atoms with Gasteiger partial charge in [0.1, 0.15) is 5.82 Å². The van der Waals surface area contributed by atoms with Gasteiger partial charge in [0.05, 0.1) is 6.54 Å². The normalized spacial score (nSPS) is 14.7. The van der Waals surface area contributed by atoms with Gasteiger partial charge in [-0.05, 0) is 30.2 Å². The van der Waals surface area contributed by atoms with Crippen LogP contribution in [0.15, 0.2) is 30.6 Å². The van der Waals surface area contributed by atoms with Crippen LogP contribution < -0.4 is 4.90 Å². The van der Waals surface area contributed by atoms with E-state index in [4.69, 9.17) is 0 Å². The minimum absolute atomic E-state index is 0.903. The zero-order valence-corrected chi connectivity index (χ0v) is 12.0. The van der Waals surface area contributed by atoms with E-state index in [-0.39, 0.29) is 0 Å². The number of halogens is 1. The number of hydrogen-bond donors (Lipinski definition) is 0. The highest BCUT2D eigenvalue weighted by Gasteiger charge is 2.17. The molecule has 0 N–H and O–H groups in total. The number of rotatable bonds is 2. The fraction of sp³-hybridized carbons (Fsp3) is 0.357. The van der Waals surface area contributed by atoms with Crippen LogP contribution in [0.4, 0.5) is 5.69 Å². The van der Waals surface area contributed by atoms with Crippen LogP contribution in [0.1, 0.15) is 17.0 Å². The Morgan fingerprint density at radius 2 is 2.22 bits per heavy atom. The van der Waals surface area contributed by atoms with Crippen LogP contribution >= 0.6 is 15.9 Å². The lowest BCUT2D eigenvalue weighted by molar-refractivity contribution is 0.560. The first-order valence-corrected chi connectivity index (χ1v) is 7.30. The second-order valence-corrected chi connectivity index (χ2v) is 5.26. The smallest absolute Gasteiger partial charge is 0.128 e. The third-order valence-electron chi connectivity index (χ3n) is 3.58. The molecule has 3 rings (SSSR count). The zero-order chi connectivity index (χ0) is 12.5. The van der Waals surface area contributed by atoms with Crippen LogP contribution in [0, 0.1) is 6.92 Å². The Balaban J connectivity index is 1.86. The molecule has 0 amide bonds. The molecule has 1 aliphatic heterocycles. The van der Waals surface area contributed by atoms with Gasteiger partial charge >= 0.3 is 0 Å². The number of aryl methyl sites for hydroxylation is 1. The first kappa shape index (κ1) is 11.8. The third-order valence-corrected chi connectivity index (χ3v) is 4.18. The Bertz CT molecular complexity index is 562. The third kappa shape index (κ3) is 2.05. The molecule has 0 radical (unpaired) electrons. The maximum absolute atomic E-state index is 4.40.